The summed E-state index contributed by atoms with van der Waals surface area (Å²) in [4.78, 5) is 0. The van der Waals surface area contributed by atoms with E-state index in [0.29, 0.717) is 19.1 Å². The van der Waals surface area contributed by atoms with Crippen LogP contribution in [-0.2, 0) is 0 Å². The third-order valence-corrected chi connectivity index (χ3v) is 2.89. The van der Waals surface area contributed by atoms with Gasteiger partial charge < -0.3 is 9.47 Å². The molecule has 2 aromatic rings. The summed E-state index contributed by atoms with van der Waals surface area (Å²) in [7, 11) is 0. The highest BCUT2D eigenvalue weighted by molar-refractivity contribution is 5.35. The van der Waals surface area contributed by atoms with Crippen LogP contribution in [0.15, 0.2) is 54.6 Å². The van der Waals surface area contributed by atoms with E-state index in [0.717, 1.165) is 11.5 Å². The highest BCUT2D eigenvalue weighted by Gasteiger charge is 2.06. The van der Waals surface area contributed by atoms with Gasteiger partial charge >= 0.3 is 0 Å². The van der Waals surface area contributed by atoms with Crippen LogP contribution >= 0.6 is 0 Å². The van der Waals surface area contributed by atoms with E-state index >= 15 is 0 Å². The smallest absolute Gasteiger partial charge is 0.122 e. The van der Waals surface area contributed by atoms with E-state index in [1.54, 1.807) is 0 Å². The Kier molecular flexibility index (Phi) is 4.85. The molecule has 100 valence electrons. The van der Waals surface area contributed by atoms with Crippen molar-refractivity contribution in [2.45, 2.75) is 19.8 Å². The van der Waals surface area contributed by atoms with Crippen molar-refractivity contribution in [3.63, 3.8) is 0 Å². The molecule has 0 fully saturated rings. The molecule has 0 atom stereocenters. The Labute approximate surface area is 115 Å². The molecule has 0 radical (unpaired) electrons. The van der Waals surface area contributed by atoms with Crippen molar-refractivity contribution in [1.82, 2.24) is 0 Å². The zero-order valence-corrected chi connectivity index (χ0v) is 11.5. The number of ether oxygens (including phenoxy) is 2. The minimum atomic E-state index is 0.464. The molecule has 2 rings (SSSR count). The summed E-state index contributed by atoms with van der Waals surface area (Å²) >= 11 is 0. The largest absolute Gasteiger partial charge is 0.490 e. The van der Waals surface area contributed by atoms with Crippen LogP contribution in [0.3, 0.4) is 0 Å². The lowest BCUT2D eigenvalue weighted by molar-refractivity contribution is 0.215. The molecule has 0 bridgehead atoms. The van der Waals surface area contributed by atoms with Gasteiger partial charge in [-0.1, -0.05) is 50.2 Å². The number of para-hydroxylation sites is 2. The SMILES string of the molecule is CC(C)c1ccccc1OCCOc1ccccc1. The van der Waals surface area contributed by atoms with Crippen LogP contribution in [0.2, 0.25) is 0 Å². The van der Waals surface area contributed by atoms with Crippen LogP contribution in [-0.4, -0.2) is 13.2 Å². The minimum Gasteiger partial charge on any atom is -0.490 e. The molecule has 0 heterocycles. The molecule has 0 aliphatic rings. The van der Waals surface area contributed by atoms with Gasteiger partial charge in [0.1, 0.15) is 24.7 Å². The molecule has 0 saturated heterocycles. The van der Waals surface area contributed by atoms with Gasteiger partial charge in [-0.2, -0.15) is 0 Å². The Bertz CT molecular complexity index is 492. The highest BCUT2D eigenvalue weighted by atomic mass is 16.5. The van der Waals surface area contributed by atoms with Gasteiger partial charge in [-0.3, -0.25) is 0 Å². The van der Waals surface area contributed by atoms with Gasteiger partial charge in [-0.25, -0.2) is 0 Å². The summed E-state index contributed by atoms with van der Waals surface area (Å²) in [5, 5.41) is 0. The number of hydrogen-bond acceptors (Lipinski definition) is 2. The minimum absolute atomic E-state index is 0.464. The molecule has 0 unspecified atom stereocenters. The normalized spacial score (nSPS) is 10.5. The first-order valence-electron chi connectivity index (χ1n) is 6.67. The van der Waals surface area contributed by atoms with Gasteiger partial charge in [-0.15, -0.1) is 0 Å². The molecule has 0 N–H and O–H groups in total. The molecule has 0 spiro atoms. The van der Waals surface area contributed by atoms with E-state index in [4.69, 9.17) is 9.47 Å². The maximum absolute atomic E-state index is 5.80. The number of rotatable bonds is 6. The van der Waals surface area contributed by atoms with Crippen molar-refractivity contribution in [1.29, 1.82) is 0 Å². The fourth-order valence-electron chi connectivity index (χ4n) is 1.92. The predicted molar refractivity (Wildman–Crippen MR) is 78.0 cm³/mol. The lowest BCUT2D eigenvalue weighted by Gasteiger charge is -2.14. The molecule has 0 aromatic heterocycles. The van der Waals surface area contributed by atoms with Crippen molar-refractivity contribution >= 4 is 0 Å². The summed E-state index contributed by atoms with van der Waals surface area (Å²) in [6, 6.07) is 18.0. The van der Waals surface area contributed by atoms with Gasteiger partial charge in [0.25, 0.3) is 0 Å². The summed E-state index contributed by atoms with van der Waals surface area (Å²) < 4.78 is 11.4. The Hall–Kier alpha value is -1.96. The topological polar surface area (TPSA) is 18.5 Å². The molecular formula is C17H20O2. The van der Waals surface area contributed by atoms with E-state index < -0.39 is 0 Å². The van der Waals surface area contributed by atoms with Gasteiger partial charge in [0.05, 0.1) is 0 Å². The van der Waals surface area contributed by atoms with E-state index in [9.17, 15) is 0 Å². The van der Waals surface area contributed by atoms with Crippen LogP contribution in [0.25, 0.3) is 0 Å². The van der Waals surface area contributed by atoms with E-state index in [2.05, 4.69) is 19.9 Å². The maximum atomic E-state index is 5.80. The Morgan fingerprint density at radius 2 is 1.42 bits per heavy atom. The molecular weight excluding hydrogens is 236 g/mol. The van der Waals surface area contributed by atoms with Crippen LogP contribution in [0, 0.1) is 0 Å². The fraction of sp³-hybridized carbons (Fsp3) is 0.294. The molecule has 2 aromatic carbocycles. The molecule has 0 amide bonds. The monoisotopic (exact) mass is 256 g/mol. The van der Waals surface area contributed by atoms with Crippen molar-refractivity contribution in [3.8, 4) is 11.5 Å². The number of hydrogen-bond donors (Lipinski definition) is 0. The first-order chi connectivity index (χ1) is 9.27. The second-order valence-corrected chi connectivity index (χ2v) is 4.70. The molecule has 19 heavy (non-hydrogen) atoms. The first-order valence-corrected chi connectivity index (χ1v) is 6.67. The Balaban J connectivity index is 1.83. The Morgan fingerprint density at radius 1 is 0.789 bits per heavy atom. The van der Waals surface area contributed by atoms with E-state index in [-0.39, 0.29) is 0 Å². The van der Waals surface area contributed by atoms with Crippen molar-refractivity contribution < 1.29 is 9.47 Å². The van der Waals surface area contributed by atoms with Crippen molar-refractivity contribution in [2.24, 2.45) is 0 Å². The zero-order chi connectivity index (χ0) is 13.5. The predicted octanol–water partition coefficient (Wildman–Crippen LogP) is 4.27. The third kappa shape index (κ3) is 4.02. The molecule has 2 heteroatoms. The zero-order valence-electron chi connectivity index (χ0n) is 11.5. The molecule has 2 nitrogen and oxygen atoms in total. The molecule has 0 aliphatic carbocycles. The van der Waals surface area contributed by atoms with Gasteiger partial charge in [0.15, 0.2) is 0 Å². The second kappa shape index (κ2) is 6.83. The maximum Gasteiger partial charge on any atom is 0.122 e. The second-order valence-electron chi connectivity index (χ2n) is 4.70. The highest BCUT2D eigenvalue weighted by Crippen LogP contribution is 2.25. The Morgan fingerprint density at radius 3 is 2.16 bits per heavy atom. The van der Waals surface area contributed by atoms with E-state index in [1.807, 2.05) is 48.5 Å². The van der Waals surface area contributed by atoms with Crippen LogP contribution in [0.5, 0.6) is 11.5 Å². The lowest BCUT2D eigenvalue weighted by atomic mass is 10.0. The summed E-state index contributed by atoms with van der Waals surface area (Å²) in [5.74, 6) is 2.30. The number of benzene rings is 2. The van der Waals surface area contributed by atoms with Crippen LogP contribution in [0.1, 0.15) is 25.3 Å². The third-order valence-electron chi connectivity index (χ3n) is 2.89. The van der Waals surface area contributed by atoms with Gasteiger partial charge in [-0.05, 0) is 29.7 Å². The quantitative estimate of drug-likeness (QED) is 0.719. The average Bonchev–Trinajstić information content (AvgIpc) is 2.45. The lowest BCUT2D eigenvalue weighted by Crippen LogP contribution is -2.10. The summed E-state index contributed by atoms with van der Waals surface area (Å²) in [5.41, 5.74) is 1.24. The first kappa shape index (κ1) is 13.5. The summed E-state index contributed by atoms with van der Waals surface area (Å²) in [6.45, 7) is 5.44. The van der Waals surface area contributed by atoms with Gasteiger partial charge in [0.2, 0.25) is 0 Å². The van der Waals surface area contributed by atoms with Crippen LogP contribution in [0.4, 0.5) is 0 Å². The average molecular weight is 256 g/mol. The van der Waals surface area contributed by atoms with Crippen LogP contribution < -0.4 is 9.47 Å². The van der Waals surface area contributed by atoms with Crippen molar-refractivity contribution in [3.05, 3.63) is 60.2 Å². The summed E-state index contributed by atoms with van der Waals surface area (Å²) in [6.07, 6.45) is 0. The molecule has 0 saturated carbocycles. The molecule has 0 aliphatic heterocycles. The van der Waals surface area contributed by atoms with Crippen molar-refractivity contribution in [2.75, 3.05) is 13.2 Å². The fourth-order valence-corrected chi connectivity index (χ4v) is 1.92. The van der Waals surface area contributed by atoms with E-state index in [1.165, 1.54) is 5.56 Å². The standard InChI is InChI=1S/C17H20O2/c1-14(2)16-10-6-7-11-17(16)19-13-12-18-15-8-4-3-5-9-15/h3-11,14H,12-13H2,1-2H3. The van der Waals surface area contributed by atoms with Gasteiger partial charge in [0, 0.05) is 0 Å².